The Morgan fingerprint density at radius 1 is 1.00 bits per heavy atom. The van der Waals surface area contributed by atoms with Crippen molar-refractivity contribution < 1.29 is 13.9 Å². The van der Waals surface area contributed by atoms with Crippen molar-refractivity contribution in [3.05, 3.63) is 71.3 Å². The van der Waals surface area contributed by atoms with Gasteiger partial charge in [-0.1, -0.05) is 75.4 Å². The molecule has 3 nitrogen and oxygen atoms in total. The number of nitrogens with one attached hydrogen (secondary N) is 1. The molecule has 3 rings (SSSR count). The second-order valence-corrected chi connectivity index (χ2v) is 10.1. The zero-order chi connectivity index (χ0) is 22.7. The quantitative estimate of drug-likeness (QED) is 0.585. The zero-order valence-corrected chi connectivity index (χ0v) is 18.9. The van der Waals surface area contributed by atoms with Crippen LogP contribution < -0.4 is 11.1 Å². The van der Waals surface area contributed by atoms with Crippen molar-refractivity contribution in [2.45, 2.75) is 81.9 Å². The molecule has 5 heteroatoms. The topological polar surface area (TPSA) is 58.3 Å². The van der Waals surface area contributed by atoms with Gasteiger partial charge in [0.25, 0.3) is 0 Å². The Bertz CT molecular complexity index is 838. The highest BCUT2D eigenvalue weighted by atomic mass is 19.3. The first-order valence-electron chi connectivity index (χ1n) is 11.2. The lowest BCUT2D eigenvalue weighted by Crippen LogP contribution is -2.52. The van der Waals surface area contributed by atoms with Gasteiger partial charge in [0.15, 0.2) is 0 Å². The molecule has 0 aromatic heterocycles. The molecule has 1 aliphatic rings. The van der Waals surface area contributed by atoms with Gasteiger partial charge in [-0.05, 0) is 41.4 Å². The third-order valence-corrected chi connectivity index (χ3v) is 6.57. The minimum Gasteiger partial charge on any atom is -0.390 e. The van der Waals surface area contributed by atoms with Gasteiger partial charge < -0.3 is 16.2 Å². The first-order chi connectivity index (χ1) is 14.5. The van der Waals surface area contributed by atoms with E-state index in [0.29, 0.717) is 19.3 Å². The fourth-order valence-electron chi connectivity index (χ4n) is 4.37. The van der Waals surface area contributed by atoms with Gasteiger partial charge in [0.1, 0.15) is 0 Å². The number of hydrogen-bond donors (Lipinski definition) is 3. The zero-order valence-electron chi connectivity index (χ0n) is 18.9. The van der Waals surface area contributed by atoms with E-state index in [1.807, 2.05) is 42.5 Å². The molecule has 31 heavy (non-hydrogen) atoms. The minimum absolute atomic E-state index is 0.0344. The number of aliphatic hydroxyl groups is 1. The Labute approximate surface area is 185 Å². The molecular weight excluding hydrogens is 394 g/mol. The van der Waals surface area contributed by atoms with E-state index in [2.05, 4.69) is 38.2 Å². The summed E-state index contributed by atoms with van der Waals surface area (Å²) in [5.41, 5.74) is 8.89. The number of rotatable bonds is 7. The maximum atomic E-state index is 14.0. The van der Waals surface area contributed by atoms with Crippen LogP contribution in [0.2, 0.25) is 0 Å². The van der Waals surface area contributed by atoms with E-state index in [-0.39, 0.29) is 24.8 Å². The van der Waals surface area contributed by atoms with E-state index in [9.17, 15) is 13.9 Å². The highest BCUT2D eigenvalue weighted by molar-refractivity contribution is 5.34. The van der Waals surface area contributed by atoms with Crippen molar-refractivity contribution in [1.82, 2.24) is 5.32 Å². The van der Waals surface area contributed by atoms with Crippen LogP contribution >= 0.6 is 0 Å². The van der Waals surface area contributed by atoms with Gasteiger partial charge in [0.2, 0.25) is 5.92 Å². The highest BCUT2D eigenvalue weighted by Gasteiger charge is 2.44. The molecule has 1 saturated carbocycles. The Hall–Kier alpha value is -1.82. The normalized spacial score (nSPS) is 20.2. The Morgan fingerprint density at radius 3 is 2.26 bits per heavy atom. The van der Waals surface area contributed by atoms with Gasteiger partial charge in [-0.15, -0.1) is 0 Å². The SMILES string of the molecule is CC(C)(C)c1cccc(C2(NC[C@@H](O)[C@@H](N)Cc3ccccc3)CCC(F)(F)CC2)c1. The number of alkyl halides is 2. The average molecular weight is 431 g/mol. The molecule has 2 aromatic carbocycles. The van der Waals surface area contributed by atoms with Crippen molar-refractivity contribution in [3.63, 3.8) is 0 Å². The molecule has 0 heterocycles. The molecule has 0 aliphatic heterocycles. The molecular formula is C26H36F2N2O. The van der Waals surface area contributed by atoms with Crippen LogP contribution in [0.25, 0.3) is 0 Å². The van der Waals surface area contributed by atoms with Gasteiger partial charge in [-0.2, -0.15) is 0 Å². The molecule has 0 saturated heterocycles. The van der Waals surface area contributed by atoms with E-state index >= 15 is 0 Å². The van der Waals surface area contributed by atoms with Crippen LogP contribution in [0.4, 0.5) is 8.78 Å². The van der Waals surface area contributed by atoms with Crippen molar-refractivity contribution in [2.75, 3.05) is 6.54 Å². The smallest absolute Gasteiger partial charge is 0.248 e. The molecule has 170 valence electrons. The van der Waals surface area contributed by atoms with Crippen LogP contribution in [0.1, 0.15) is 63.1 Å². The summed E-state index contributed by atoms with van der Waals surface area (Å²) >= 11 is 0. The average Bonchev–Trinajstić information content (AvgIpc) is 2.73. The molecule has 0 spiro atoms. The fourth-order valence-corrected chi connectivity index (χ4v) is 4.37. The summed E-state index contributed by atoms with van der Waals surface area (Å²) in [5.74, 6) is -2.63. The lowest BCUT2D eigenvalue weighted by Gasteiger charge is -2.42. The van der Waals surface area contributed by atoms with E-state index in [1.54, 1.807) is 0 Å². The maximum absolute atomic E-state index is 14.0. The van der Waals surface area contributed by atoms with E-state index < -0.39 is 23.6 Å². The predicted molar refractivity (Wildman–Crippen MR) is 122 cm³/mol. The van der Waals surface area contributed by atoms with Gasteiger partial charge in [0.05, 0.1) is 6.10 Å². The Kier molecular flexibility index (Phi) is 7.19. The summed E-state index contributed by atoms with van der Waals surface area (Å²) in [6.07, 6.45) is 0.125. The number of halogens is 2. The second-order valence-electron chi connectivity index (χ2n) is 10.1. The van der Waals surface area contributed by atoms with E-state index in [1.165, 1.54) is 5.56 Å². The molecule has 2 atom stereocenters. The third kappa shape index (κ3) is 6.12. The summed E-state index contributed by atoms with van der Waals surface area (Å²) < 4.78 is 28.0. The first-order valence-corrected chi connectivity index (χ1v) is 11.2. The van der Waals surface area contributed by atoms with Crippen LogP contribution in [0, 0.1) is 0 Å². The van der Waals surface area contributed by atoms with Crippen molar-refractivity contribution in [3.8, 4) is 0 Å². The standard InChI is InChI=1S/C26H36F2N2O/c1-24(2,3)20-10-7-11-21(17-20)25(12-14-26(27,28)15-13-25)30-18-23(31)22(29)16-19-8-5-4-6-9-19/h4-11,17,22-23,30-31H,12-16,18,29H2,1-3H3/t22-,23+/m0/s1. The fraction of sp³-hybridized carbons (Fsp3) is 0.538. The van der Waals surface area contributed by atoms with Crippen LogP contribution in [0.15, 0.2) is 54.6 Å². The van der Waals surface area contributed by atoms with Gasteiger partial charge in [0, 0.05) is 31.0 Å². The third-order valence-electron chi connectivity index (χ3n) is 6.57. The monoisotopic (exact) mass is 430 g/mol. The summed E-state index contributed by atoms with van der Waals surface area (Å²) in [6, 6.07) is 17.6. The number of aliphatic hydroxyl groups excluding tert-OH is 1. The molecule has 1 fully saturated rings. The molecule has 0 bridgehead atoms. The highest BCUT2D eigenvalue weighted by Crippen LogP contribution is 2.44. The maximum Gasteiger partial charge on any atom is 0.248 e. The molecule has 0 amide bonds. The largest absolute Gasteiger partial charge is 0.390 e. The van der Waals surface area contributed by atoms with Crippen molar-refractivity contribution in [1.29, 1.82) is 0 Å². The van der Waals surface area contributed by atoms with Crippen molar-refractivity contribution >= 4 is 0 Å². The Morgan fingerprint density at radius 2 is 1.65 bits per heavy atom. The lowest BCUT2D eigenvalue weighted by atomic mass is 9.73. The van der Waals surface area contributed by atoms with Crippen LogP contribution in [0.3, 0.4) is 0 Å². The molecule has 0 unspecified atom stereocenters. The Balaban J connectivity index is 1.77. The summed E-state index contributed by atoms with van der Waals surface area (Å²) in [4.78, 5) is 0. The lowest BCUT2D eigenvalue weighted by molar-refractivity contribution is -0.0585. The number of nitrogens with two attached hydrogens (primary N) is 1. The summed E-state index contributed by atoms with van der Waals surface area (Å²) in [6.45, 7) is 6.70. The summed E-state index contributed by atoms with van der Waals surface area (Å²) in [7, 11) is 0. The molecule has 1 aliphatic carbocycles. The van der Waals surface area contributed by atoms with E-state index in [4.69, 9.17) is 5.73 Å². The summed E-state index contributed by atoms with van der Waals surface area (Å²) in [5, 5.41) is 14.2. The van der Waals surface area contributed by atoms with Gasteiger partial charge in [-0.25, -0.2) is 8.78 Å². The number of benzene rings is 2. The van der Waals surface area contributed by atoms with Gasteiger partial charge in [-0.3, -0.25) is 0 Å². The van der Waals surface area contributed by atoms with Crippen LogP contribution in [-0.2, 0) is 17.4 Å². The van der Waals surface area contributed by atoms with Crippen LogP contribution in [-0.4, -0.2) is 29.7 Å². The molecule has 2 aromatic rings. The van der Waals surface area contributed by atoms with E-state index in [0.717, 1.165) is 11.1 Å². The second kappa shape index (κ2) is 9.35. The predicted octanol–water partition coefficient (Wildman–Crippen LogP) is 4.91. The van der Waals surface area contributed by atoms with Crippen LogP contribution in [0.5, 0.6) is 0 Å². The number of hydrogen-bond acceptors (Lipinski definition) is 3. The van der Waals surface area contributed by atoms with Crippen molar-refractivity contribution in [2.24, 2.45) is 5.73 Å². The molecule has 0 radical (unpaired) electrons. The first kappa shape index (κ1) is 23.8. The molecule has 4 N–H and O–H groups in total. The van der Waals surface area contributed by atoms with Gasteiger partial charge >= 0.3 is 0 Å². The minimum atomic E-state index is -2.63.